The number of carbonyl (C=O) groups is 2. The summed E-state index contributed by atoms with van der Waals surface area (Å²) in [5.41, 5.74) is -0.893. The van der Waals surface area contributed by atoms with Crippen molar-refractivity contribution in [1.82, 2.24) is 15.5 Å². The zero-order chi connectivity index (χ0) is 29.7. The molecule has 0 saturated heterocycles. The minimum Gasteiger partial charge on any atom is -0.350 e. The predicted molar refractivity (Wildman–Crippen MR) is 142 cm³/mol. The first-order valence-corrected chi connectivity index (χ1v) is 13.8. The molecular weight excluding hydrogens is 558 g/mol. The maximum Gasteiger partial charge on any atom is 0.471 e. The average Bonchev–Trinajstić information content (AvgIpc) is 2.90. The minimum absolute atomic E-state index is 0.0335. The number of carbonyl (C=O) groups excluding carboxylic acids is 2. The molecule has 0 aliphatic heterocycles. The van der Waals surface area contributed by atoms with Crippen molar-refractivity contribution >= 4 is 29.3 Å². The molecule has 2 aromatic rings. The van der Waals surface area contributed by atoms with E-state index >= 15 is 0 Å². The molecule has 0 spiro atoms. The highest BCUT2D eigenvalue weighted by atomic mass is 32.2. The normalized spacial score (nSPS) is 19.9. The molecule has 0 radical (unpaired) electrons. The number of benzene rings is 2. The first-order valence-electron chi connectivity index (χ1n) is 12.6. The van der Waals surface area contributed by atoms with Crippen molar-refractivity contribution in [3.8, 4) is 0 Å². The van der Waals surface area contributed by atoms with Crippen LogP contribution in [0, 0.1) is 0 Å². The molecule has 1 aliphatic rings. The van der Waals surface area contributed by atoms with Crippen LogP contribution in [0.4, 0.5) is 32.0 Å². The van der Waals surface area contributed by atoms with Crippen LogP contribution in [0.5, 0.6) is 0 Å². The summed E-state index contributed by atoms with van der Waals surface area (Å²) in [6, 6.07) is 10.4. The standard InChI is InChI=1S/C27H32F6N4O2S/c1-36(2)19-9-12-22(23(14-19)34-15-17-7-10-21(40-3)11-8-17)35-24(38)16-37(25(39)27(31,32)33)20-6-4-5-18(13-20)26(28,29)30/h4-8,10-11,13,19,22-23,34H,9,12,14-16H2,1-3H3,(H,35,38). The highest BCUT2D eigenvalue weighted by molar-refractivity contribution is 7.98. The van der Waals surface area contributed by atoms with E-state index < -0.39 is 48.0 Å². The van der Waals surface area contributed by atoms with Crippen LogP contribution in [0.25, 0.3) is 0 Å². The van der Waals surface area contributed by atoms with Crippen molar-refractivity contribution in [2.45, 2.75) is 61.2 Å². The van der Waals surface area contributed by atoms with Crippen LogP contribution in [0.1, 0.15) is 30.4 Å². The van der Waals surface area contributed by atoms with Crippen molar-refractivity contribution in [3.63, 3.8) is 0 Å². The molecule has 0 heterocycles. The fourth-order valence-electron chi connectivity index (χ4n) is 4.69. The van der Waals surface area contributed by atoms with Gasteiger partial charge in [0.25, 0.3) is 0 Å². The van der Waals surface area contributed by atoms with E-state index in [2.05, 4.69) is 15.5 Å². The molecule has 2 amide bonds. The van der Waals surface area contributed by atoms with Crippen LogP contribution >= 0.6 is 11.8 Å². The number of rotatable bonds is 9. The van der Waals surface area contributed by atoms with E-state index in [0.717, 1.165) is 29.0 Å². The number of nitrogens with one attached hydrogen (secondary N) is 2. The third-order valence-electron chi connectivity index (χ3n) is 6.90. The van der Waals surface area contributed by atoms with Crippen molar-refractivity contribution in [3.05, 3.63) is 59.7 Å². The van der Waals surface area contributed by atoms with Gasteiger partial charge in [0.05, 0.1) is 5.56 Å². The molecule has 1 aliphatic carbocycles. The average molecular weight is 591 g/mol. The quantitative estimate of drug-likeness (QED) is 0.315. The van der Waals surface area contributed by atoms with Gasteiger partial charge in [0, 0.05) is 35.3 Å². The van der Waals surface area contributed by atoms with Gasteiger partial charge in [-0.15, -0.1) is 11.8 Å². The topological polar surface area (TPSA) is 64.7 Å². The summed E-state index contributed by atoms with van der Waals surface area (Å²) in [7, 11) is 3.88. The molecule has 3 atom stereocenters. The van der Waals surface area contributed by atoms with Crippen LogP contribution in [0.15, 0.2) is 53.4 Å². The number of amides is 2. The first kappa shape index (κ1) is 31.8. The maximum atomic E-state index is 13.4. The van der Waals surface area contributed by atoms with E-state index in [9.17, 15) is 35.9 Å². The Labute approximate surface area is 233 Å². The molecule has 2 aromatic carbocycles. The monoisotopic (exact) mass is 590 g/mol. The summed E-state index contributed by atoms with van der Waals surface area (Å²) in [6.45, 7) is -0.592. The van der Waals surface area contributed by atoms with Crippen molar-refractivity contribution < 1.29 is 35.9 Å². The van der Waals surface area contributed by atoms with Crippen molar-refractivity contribution in [2.75, 3.05) is 31.8 Å². The second-order valence-corrected chi connectivity index (χ2v) is 10.8. The molecule has 2 N–H and O–H groups in total. The van der Waals surface area contributed by atoms with Gasteiger partial charge in [0.15, 0.2) is 0 Å². The van der Waals surface area contributed by atoms with Gasteiger partial charge in [-0.2, -0.15) is 26.3 Å². The third kappa shape index (κ3) is 8.61. The zero-order valence-electron chi connectivity index (χ0n) is 22.3. The lowest BCUT2D eigenvalue weighted by Gasteiger charge is -2.40. The van der Waals surface area contributed by atoms with Crippen LogP contribution in [-0.4, -0.2) is 67.9 Å². The molecule has 1 saturated carbocycles. The van der Waals surface area contributed by atoms with Gasteiger partial charge in [-0.05, 0) is 75.5 Å². The number of thioether (sulfide) groups is 1. The van der Waals surface area contributed by atoms with Gasteiger partial charge in [0.1, 0.15) is 6.54 Å². The Bertz CT molecular complexity index is 1160. The summed E-state index contributed by atoms with van der Waals surface area (Å²) < 4.78 is 79.6. The summed E-state index contributed by atoms with van der Waals surface area (Å²) in [6.07, 6.45) is -6.37. The highest BCUT2D eigenvalue weighted by Crippen LogP contribution is 2.33. The SMILES string of the molecule is CSc1ccc(CNC2CC(N(C)C)CCC2NC(=O)CN(C(=O)C(F)(F)F)c2cccc(C(F)(F)F)c2)cc1. The van der Waals surface area contributed by atoms with Crippen LogP contribution in [0.2, 0.25) is 0 Å². The Balaban J connectivity index is 1.77. The largest absolute Gasteiger partial charge is 0.471 e. The number of hydrogen-bond donors (Lipinski definition) is 2. The number of nitrogens with zero attached hydrogens (tertiary/aromatic N) is 2. The van der Waals surface area contributed by atoms with E-state index in [0.29, 0.717) is 31.5 Å². The molecular formula is C27H32F6N4O2S. The summed E-state index contributed by atoms with van der Waals surface area (Å²) in [4.78, 5) is 28.3. The molecule has 13 heteroatoms. The maximum absolute atomic E-state index is 13.4. The zero-order valence-corrected chi connectivity index (χ0v) is 23.1. The molecule has 3 unspecified atom stereocenters. The minimum atomic E-state index is -5.39. The molecule has 0 aromatic heterocycles. The first-order chi connectivity index (χ1) is 18.7. The lowest BCUT2D eigenvalue weighted by molar-refractivity contribution is -0.170. The number of halogens is 6. The van der Waals surface area contributed by atoms with E-state index in [-0.39, 0.29) is 17.0 Å². The molecule has 6 nitrogen and oxygen atoms in total. The Morgan fingerprint density at radius 3 is 2.23 bits per heavy atom. The summed E-state index contributed by atoms with van der Waals surface area (Å²) in [5, 5.41) is 6.17. The van der Waals surface area contributed by atoms with Gasteiger partial charge >= 0.3 is 18.3 Å². The van der Waals surface area contributed by atoms with Gasteiger partial charge in [-0.25, -0.2) is 0 Å². The Kier molecular flexibility index (Phi) is 10.5. The van der Waals surface area contributed by atoms with Crippen molar-refractivity contribution in [2.24, 2.45) is 0 Å². The van der Waals surface area contributed by atoms with Crippen LogP contribution < -0.4 is 15.5 Å². The second kappa shape index (κ2) is 13.3. The number of alkyl halides is 6. The summed E-state index contributed by atoms with van der Waals surface area (Å²) in [5.74, 6) is -3.33. The lowest BCUT2D eigenvalue weighted by Crippen LogP contribution is -2.57. The lowest BCUT2D eigenvalue weighted by atomic mass is 9.85. The third-order valence-corrected chi connectivity index (χ3v) is 7.64. The fraction of sp³-hybridized carbons (Fsp3) is 0.481. The Morgan fingerprint density at radius 2 is 1.65 bits per heavy atom. The molecule has 40 heavy (non-hydrogen) atoms. The van der Waals surface area contributed by atoms with Gasteiger partial charge < -0.3 is 15.5 Å². The van der Waals surface area contributed by atoms with E-state index in [1.807, 2.05) is 44.6 Å². The summed E-state index contributed by atoms with van der Waals surface area (Å²) >= 11 is 1.62. The van der Waals surface area contributed by atoms with E-state index in [4.69, 9.17) is 0 Å². The number of hydrogen-bond acceptors (Lipinski definition) is 5. The molecule has 0 bridgehead atoms. The highest BCUT2D eigenvalue weighted by Gasteiger charge is 2.44. The smallest absolute Gasteiger partial charge is 0.350 e. The fourth-order valence-corrected chi connectivity index (χ4v) is 5.10. The Morgan fingerprint density at radius 1 is 0.975 bits per heavy atom. The van der Waals surface area contributed by atoms with Crippen LogP contribution in [0.3, 0.4) is 0 Å². The van der Waals surface area contributed by atoms with Gasteiger partial charge in [-0.3, -0.25) is 14.5 Å². The van der Waals surface area contributed by atoms with E-state index in [1.165, 1.54) is 0 Å². The molecule has 220 valence electrons. The van der Waals surface area contributed by atoms with Crippen LogP contribution in [-0.2, 0) is 22.3 Å². The van der Waals surface area contributed by atoms with Gasteiger partial charge in [-0.1, -0.05) is 18.2 Å². The predicted octanol–water partition coefficient (Wildman–Crippen LogP) is 5.08. The van der Waals surface area contributed by atoms with Gasteiger partial charge in [0.2, 0.25) is 5.91 Å². The Hall–Kier alpha value is -2.77. The molecule has 1 fully saturated rings. The van der Waals surface area contributed by atoms with Crippen molar-refractivity contribution in [1.29, 1.82) is 0 Å². The van der Waals surface area contributed by atoms with E-state index in [1.54, 1.807) is 11.8 Å². The number of anilines is 1. The molecule has 3 rings (SSSR count). The second-order valence-electron chi connectivity index (χ2n) is 9.88.